The second kappa shape index (κ2) is 22.4. The van der Waals surface area contributed by atoms with Gasteiger partial charge >= 0.3 is 103 Å². The fraction of sp³-hybridized carbons (Fsp3) is 0. The Bertz CT molecular complexity index is 3.61. The van der Waals surface area contributed by atoms with E-state index in [1.807, 2.05) is 0 Å². The molecule has 0 saturated heterocycles. The van der Waals surface area contributed by atoms with Gasteiger partial charge in [-0.1, -0.05) is 0 Å². The first-order valence-corrected chi connectivity index (χ1v) is 0. The smallest absolute Gasteiger partial charge is 0.813 e. The van der Waals surface area contributed by atoms with Crippen molar-refractivity contribution in [2.45, 2.75) is 0 Å². The van der Waals surface area contributed by atoms with Crippen molar-refractivity contribution in [1.82, 2.24) is 0 Å². The molecular weight excluding hydrogens is 188 g/mol. The average molecular weight is 189 g/mol. The summed E-state index contributed by atoms with van der Waals surface area (Å²) in [6, 6.07) is 0. The van der Waals surface area contributed by atoms with Crippen LogP contribution in [0.3, 0.4) is 0 Å². The molecule has 0 saturated carbocycles. The molecule has 0 aromatic rings. The number of hydrogen-bond acceptors (Lipinski definition) is 1. The largest absolute Gasteiger partial charge is 1.00 e. The molecule has 0 aliphatic heterocycles. The summed E-state index contributed by atoms with van der Waals surface area (Å²) in [6.45, 7) is 0. The van der Waals surface area contributed by atoms with E-state index in [1.165, 1.54) is 0 Å². The quantitative estimate of drug-likeness (QED) is 0.207. The minimum atomic E-state index is 0. The summed E-state index contributed by atoms with van der Waals surface area (Å²) in [5, 5.41) is 0. The first kappa shape index (κ1) is 29.7. The van der Waals surface area contributed by atoms with Crippen molar-refractivity contribution in [2.75, 3.05) is 0 Å². The average Bonchev–Trinajstić information content (AvgIpc) is 0. The van der Waals surface area contributed by atoms with E-state index in [1.54, 1.807) is 0 Å². The Morgan fingerprint density at radius 2 is 0.600 bits per heavy atom. The van der Waals surface area contributed by atoms with Crippen molar-refractivity contribution in [3.63, 3.8) is 0 Å². The zero-order valence-electron chi connectivity index (χ0n) is 4.45. The molecule has 0 aromatic heterocycles. The molecule has 0 atom stereocenters. The third kappa shape index (κ3) is 18.1. The van der Waals surface area contributed by atoms with Crippen molar-refractivity contribution >= 4 is 116 Å². The van der Waals surface area contributed by atoms with Crippen molar-refractivity contribution in [3.8, 4) is 0 Å². The molecule has 0 unspecified atom stereocenters. The van der Waals surface area contributed by atoms with Crippen LogP contribution in [-0.4, -0.2) is 103 Å². The molecule has 0 bridgehead atoms. The number of rotatable bonds is 0. The van der Waals surface area contributed by atoms with E-state index in [9.17, 15) is 0 Å². The normalized spacial score (nSPS) is 0. The van der Waals surface area contributed by atoms with Gasteiger partial charge in [-0.2, -0.15) is 0 Å². The first-order chi connectivity index (χ1) is 0. The van der Waals surface area contributed by atoms with Gasteiger partial charge < -0.3 is 13.5 Å². The molecule has 5 heteroatoms. The molecule has 2 radical (unpaired) electrons. The van der Waals surface area contributed by atoms with Gasteiger partial charge in [0.15, 0.2) is 0 Å². The van der Waals surface area contributed by atoms with Crippen LogP contribution in [0.1, 0.15) is 0 Å². The molecule has 0 fully saturated rings. The maximum atomic E-state index is 0. The van der Waals surface area contributed by atoms with Gasteiger partial charge in [0.1, 0.15) is 0 Å². The summed E-state index contributed by atoms with van der Waals surface area (Å²) < 4.78 is 0. The van der Waals surface area contributed by atoms with Crippen LogP contribution >= 0.6 is 0 Å². The number of thiol groups is 1. The van der Waals surface area contributed by atoms with Crippen molar-refractivity contribution in [2.24, 2.45) is 0 Å². The maximum absolute atomic E-state index is 0. The third-order valence-electron chi connectivity index (χ3n) is 0. The maximum Gasteiger partial charge on any atom is 1.00 e. The van der Waals surface area contributed by atoms with E-state index in [0.29, 0.717) is 0 Å². The summed E-state index contributed by atoms with van der Waals surface area (Å²) in [7, 11) is 0. The van der Waals surface area contributed by atoms with E-state index in [4.69, 9.17) is 0 Å². The second-order valence-electron chi connectivity index (χ2n) is 0. The Labute approximate surface area is 210 Å². The summed E-state index contributed by atoms with van der Waals surface area (Å²) in [5.41, 5.74) is 0. The van der Waals surface area contributed by atoms with Gasteiger partial charge in [0, 0.05) is 103 Å². The minimum Gasteiger partial charge on any atom is -0.813 e. The van der Waals surface area contributed by atoms with Gasteiger partial charge in [0.2, 0.25) is 0 Å². The van der Waals surface area contributed by atoms with E-state index >= 15 is 0 Å². The zero-order valence-corrected chi connectivity index (χ0v) is 17.8. The molecule has 5 heavy (non-hydrogen) atoms. The van der Waals surface area contributed by atoms with Crippen LogP contribution in [0, 0.1) is 0 Å². The van der Waals surface area contributed by atoms with Gasteiger partial charge in [0.25, 0.3) is 0 Å². The summed E-state index contributed by atoms with van der Waals surface area (Å²) in [6.07, 6.45) is 0. The molecule has 0 nitrogen and oxygen atoms in total. The first-order valence-electron chi connectivity index (χ1n) is 0. The fourth-order valence-electron chi connectivity index (χ4n) is 0. The summed E-state index contributed by atoms with van der Waals surface area (Å²) in [5.74, 6) is 0. The van der Waals surface area contributed by atoms with Crippen molar-refractivity contribution in [1.29, 1.82) is 0 Å². The minimum absolute atomic E-state index is 0. The van der Waals surface area contributed by atoms with Gasteiger partial charge in [-0.25, -0.2) is 0 Å². The summed E-state index contributed by atoms with van der Waals surface area (Å²) in [4.78, 5) is 0. The van der Waals surface area contributed by atoms with E-state index in [2.05, 4.69) is 0 Å². The van der Waals surface area contributed by atoms with Crippen LogP contribution < -0.4 is 103 Å². The topological polar surface area (TPSA) is 0 Å². The van der Waals surface area contributed by atoms with Crippen molar-refractivity contribution < 1.29 is 103 Å². The van der Waals surface area contributed by atoms with Crippen LogP contribution in [0.2, 0.25) is 0 Å². The Kier molecular flexibility index (Phi) is 133. The Morgan fingerprint density at radius 3 is 0.600 bits per heavy atom. The predicted octanol–water partition coefficient (Wildman–Crippen LogP) is -7.02. The molecular formula is HK4S+. The van der Waals surface area contributed by atoms with E-state index in [0.717, 1.165) is 0 Å². The van der Waals surface area contributed by atoms with Gasteiger partial charge in [0.05, 0.1) is 0 Å². The van der Waals surface area contributed by atoms with Gasteiger partial charge in [-0.3, -0.25) is 0 Å². The third-order valence-corrected chi connectivity index (χ3v) is 0. The molecule has 0 N–H and O–H groups in total. The molecule has 0 amide bonds. The SMILES string of the molecule is [K+].[K+].[K].[K].[SH-]. The summed E-state index contributed by atoms with van der Waals surface area (Å²) >= 11 is 0. The van der Waals surface area contributed by atoms with Crippen molar-refractivity contribution in [3.05, 3.63) is 0 Å². The number of hydrogen-bond donors (Lipinski definition) is 0. The van der Waals surface area contributed by atoms with Crippen LogP contribution in [0.15, 0.2) is 0 Å². The monoisotopic (exact) mass is 189 g/mol. The van der Waals surface area contributed by atoms with Crippen LogP contribution in [-0.2, 0) is 13.5 Å². The molecule has 0 spiro atoms. The zero-order chi connectivity index (χ0) is 0. The Morgan fingerprint density at radius 1 is 0.600 bits per heavy atom. The van der Waals surface area contributed by atoms with Crippen LogP contribution in [0.5, 0.6) is 0 Å². The molecule has 0 aliphatic rings. The van der Waals surface area contributed by atoms with Gasteiger partial charge in [-0.05, 0) is 0 Å². The Hall–Kier alpha value is 6.90. The predicted molar refractivity (Wildman–Crippen MR) is 20.3 cm³/mol. The molecule has 0 aromatic carbocycles. The second-order valence-corrected chi connectivity index (χ2v) is 0. The molecule has 0 heterocycles. The standard InChI is InChI=1S/4K.H2S/h;;;;1H2/q;;2*+1;/p-1. The van der Waals surface area contributed by atoms with E-state index in [-0.39, 0.29) is 219 Å². The molecule has 10 valence electrons. The fourth-order valence-corrected chi connectivity index (χ4v) is 0. The van der Waals surface area contributed by atoms with Gasteiger partial charge in [-0.15, -0.1) is 0 Å². The molecule has 0 rings (SSSR count). The van der Waals surface area contributed by atoms with E-state index < -0.39 is 0 Å². The van der Waals surface area contributed by atoms with Crippen LogP contribution in [0.4, 0.5) is 0 Å². The Balaban J connectivity index is 0. The molecule has 0 aliphatic carbocycles. The van der Waals surface area contributed by atoms with Crippen LogP contribution in [0.25, 0.3) is 0 Å².